The minimum Gasteiger partial charge on any atom is -0.289 e. The zero-order valence-electron chi connectivity index (χ0n) is 8.60. The van der Waals surface area contributed by atoms with Crippen LogP contribution in [0, 0.1) is 0 Å². The van der Waals surface area contributed by atoms with Crippen LogP contribution in [0.5, 0.6) is 0 Å². The molecule has 0 aliphatic carbocycles. The first-order valence-electron chi connectivity index (χ1n) is 4.19. The predicted molar refractivity (Wildman–Crippen MR) is 36.8 cm³/mol. The molecule has 0 aromatic carbocycles. The number of hydrogen-bond acceptors (Lipinski definition) is 1. The van der Waals surface area contributed by atoms with Crippen LogP contribution in [0.4, 0.5) is 52.7 Å². The molecule has 0 amide bonds. The summed E-state index contributed by atoms with van der Waals surface area (Å²) in [5.41, 5.74) is 0. The topological polar surface area (TPSA) is 17.1 Å². The van der Waals surface area contributed by atoms with Crippen molar-refractivity contribution in [2.75, 3.05) is 0 Å². The summed E-state index contributed by atoms with van der Waals surface area (Å²) in [4.78, 5) is 10.2. The van der Waals surface area contributed by atoms with Gasteiger partial charge in [-0.15, -0.1) is 0 Å². The summed E-state index contributed by atoms with van der Waals surface area (Å²) >= 11 is 0. The Labute approximate surface area is 101 Å². The van der Waals surface area contributed by atoms with Crippen molar-refractivity contribution in [3.63, 3.8) is 0 Å². The minimum absolute atomic E-state index is 4.22. The fourth-order valence-corrected chi connectivity index (χ4v) is 0.837. The quantitative estimate of drug-likeness (QED) is 0.720. The molecular weight excluding hydrogens is 328 g/mol. The SMILES string of the molecule is O=C(C(F)C(F)(F)F)C(F)(F)C(F)(F)C(F)C(F)(F)F. The molecule has 20 heavy (non-hydrogen) atoms. The molecule has 0 aromatic heterocycles. The second-order valence-corrected chi connectivity index (χ2v) is 3.37. The Bertz CT molecular complexity index is 365. The van der Waals surface area contributed by atoms with Gasteiger partial charge < -0.3 is 0 Å². The third-order valence-electron chi connectivity index (χ3n) is 1.85. The molecule has 0 radical (unpaired) electrons. The van der Waals surface area contributed by atoms with E-state index < -0.39 is 42.3 Å². The Morgan fingerprint density at radius 1 is 0.700 bits per heavy atom. The summed E-state index contributed by atoms with van der Waals surface area (Å²) in [7, 11) is 0. The molecule has 13 heteroatoms. The molecule has 0 aliphatic heterocycles. The molecule has 0 saturated carbocycles. The number of carbonyl (C=O) groups excluding carboxylic acids is 1. The summed E-state index contributed by atoms with van der Waals surface area (Å²) in [6.45, 7) is 0. The van der Waals surface area contributed by atoms with Gasteiger partial charge in [-0.1, -0.05) is 0 Å². The van der Waals surface area contributed by atoms with Gasteiger partial charge in [0.1, 0.15) is 0 Å². The van der Waals surface area contributed by atoms with Crippen LogP contribution in [0.2, 0.25) is 0 Å². The van der Waals surface area contributed by atoms with Gasteiger partial charge in [0.15, 0.2) is 0 Å². The maximum atomic E-state index is 12.6. The molecule has 0 fully saturated rings. The van der Waals surface area contributed by atoms with E-state index in [4.69, 9.17) is 0 Å². The molecule has 1 nitrogen and oxygen atoms in total. The second-order valence-electron chi connectivity index (χ2n) is 3.37. The normalized spacial score (nSPS) is 17.8. The summed E-state index contributed by atoms with van der Waals surface area (Å²) in [5, 5.41) is 0. The van der Waals surface area contributed by atoms with Crippen molar-refractivity contribution in [1.82, 2.24) is 0 Å². The van der Waals surface area contributed by atoms with Gasteiger partial charge in [0.25, 0.3) is 18.1 Å². The first-order chi connectivity index (χ1) is 8.47. The highest BCUT2D eigenvalue weighted by Crippen LogP contribution is 2.46. The molecule has 2 atom stereocenters. The molecule has 0 saturated heterocycles. The van der Waals surface area contributed by atoms with Crippen molar-refractivity contribution in [3.8, 4) is 0 Å². The van der Waals surface area contributed by atoms with E-state index in [1.807, 2.05) is 0 Å². The third-order valence-corrected chi connectivity index (χ3v) is 1.85. The maximum Gasteiger partial charge on any atom is 0.427 e. The molecule has 0 rings (SSSR count). The number of alkyl halides is 12. The van der Waals surface area contributed by atoms with Crippen molar-refractivity contribution in [1.29, 1.82) is 0 Å². The molecule has 0 spiro atoms. The third kappa shape index (κ3) is 3.29. The van der Waals surface area contributed by atoms with Crippen molar-refractivity contribution < 1.29 is 57.5 Å². The highest BCUT2D eigenvalue weighted by Gasteiger charge is 2.75. The van der Waals surface area contributed by atoms with Crippen LogP contribution in [0.1, 0.15) is 0 Å². The number of rotatable bonds is 4. The van der Waals surface area contributed by atoms with Gasteiger partial charge in [-0.25, -0.2) is 8.78 Å². The second kappa shape index (κ2) is 4.98. The Balaban J connectivity index is 5.57. The monoisotopic (exact) mass is 330 g/mol. The number of carbonyl (C=O) groups is 1. The fraction of sp³-hybridized carbons (Fsp3) is 0.857. The van der Waals surface area contributed by atoms with E-state index in [1.165, 1.54) is 0 Å². The zero-order valence-corrected chi connectivity index (χ0v) is 8.60. The van der Waals surface area contributed by atoms with Gasteiger partial charge in [-0.05, 0) is 0 Å². The molecule has 0 heterocycles. The number of Topliss-reactive ketones (excluding diaryl/α,β-unsaturated/α-hetero) is 1. The van der Waals surface area contributed by atoms with Crippen molar-refractivity contribution in [2.24, 2.45) is 0 Å². The lowest BCUT2D eigenvalue weighted by molar-refractivity contribution is -0.300. The Kier molecular flexibility index (Phi) is 4.69. The Morgan fingerprint density at radius 2 is 1.05 bits per heavy atom. The van der Waals surface area contributed by atoms with Crippen molar-refractivity contribution in [2.45, 2.75) is 36.5 Å². The van der Waals surface area contributed by atoms with Gasteiger partial charge in [-0.3, -0.25) is 4.79 Å². The molecule has 0 bridgehead atoms. The summed E-state index contributed by atoms with van der Waals surface area (Å²) < 4.78 is 144. The smallest absolute Gasteiger partial charge is 0.289 e. The highest BCUT2D eigenvalue weighted by molar-refractivity contribution is 5.91. The van der Waals surface area contributed by atoms with Crippen LogP contribution in [0.25, 0.3) is 0 Å². The van der Waals surface area contributed by atoms with Crippen LogP contribution < -0.4 is 0 Å². The summed E-state index contributed by atoms with van der Waals surface area (Å²) in [5.74, 6) is -18.0. The van der Waals surface area contributed by atoms with E-state index in [-0.39, 0.29) is 0 Å². The van der Waals surface area contributed by atoms with Crippen LogP contribution in [0.15, 0.2) is 0 Å². The Hall–Kier alpha value is -1.17. The zero-order chi connectivity index (χ0) is 16.7. The number of ketones is 1. The molecule has 120 valence electrons. The minimum atomic E-state index is -6.90. The highest BCUT2D eigenvalue weighted by atomic mass is 19.4. The van der Waals surface area contributed by atoms with Gasteiger partial charge in [0.2, 0.25) is 0 Å². The van der Waals surface area contributed by atoms with E-state index in [0.29, 0.717) is 0 Å². The van der Waals surface area contributed by atoms with E-state index in [9.17, 15) is 57.5 Å². The standard InChI is InChI=1S/C7H2F12O/c8-1(6(14,15)16)2(20)4(10,11)5(12,13)3(9)7(17,18)19/h1,3H. The van der Waals surface area contributed by atoms with Gasteiger partial charge >= 0.3 is 24.2 Å². The first-order valence-corrected chi connectivity index (χ1v) is 4.19. The van der Waals surface area contributed by atoms with E-state index in [1.54, 1.807) is 0 Å². The van der Waals surface area contributed by atoms with Crippen LogP contribution in [-0.4, -0.2) is 42.3 Å². The number of halogens is 12. The fourth-order valence-electron chi connectivity index (χ4n) is 0.837. The lowest BCUT2D eigenvalue weighted by atomic mass is 9.99. The lowest BCUT2D eigenvalue weighted by Gasteiger charge is -2.29. The van der Waals surface area contributed by atoms with E-state index in [2.05, 4.69) is 0 Å². The van der Waals surface area contributed by atoms with Crippen molar-refractivity contribution >= 4 is 5.78 Å². The van der Waals surface area contributed by atoms with E-state index in [0.717, 1.165) is 0 Å². The largest absolute Gasteiger partial charge is 0.427 e. The molecule has 0 aliphatic rings. The number of hydrogen-bond donors (Lipinski definition) is 0. The molecule has 0 N–H and O–H groups in total. The average molecular weight is 330 g/mol. The van der Waals surface area contributed by atoms with Crippen LogP contribution >= 0.6 is 0 Å². The molecule has 2 unspecified atom stereocenters. The van der Waals surface area contributed by atoms with Gasteiger partial charge in [0, 0.05) is 0 Å². The van der Waals surface area contributed by atoms with Gasteiger partial charge in [-0.2, -0.15) is 43.9 Å². The Morgan fingerprint density at radius 3 is 1.30 bits per heavy atom. The van der Waals surface area contributed by atoms with Crippen LogP contribution in [0.3, 0.4) is 0 Å². The molecule has 0 aromatic rings. The van der Waals surface area contributed by atoms with Crippen molar-refractivity contribution in [3.05, 3.63) is 0 Å². The summed E-state index contributed by atoms with van der Waals surface area (Å²) in [6.07, 6.45) is -23.8. The summed E-state index contributed by atoms with van der Waals surface area (Å²) in [6, 6.07) is 0. The first kappa shape index (κ1) is 18.8. The van der Waals surface area contributed by atoms with Gasteiger partial charge in [0.05, 0.1) is 0 Å². The van der Waals surface area contributed by atoms with E-state index >= 15 is 0 Å². The molecular formula is C7H2F12O. The average Bonchev–Trinajstić information content (AvgIpc) is 2.22. The van der Waals surface area contributed by atoms with Crippen LogP contribution in [-0.2, 0) is 4.79 Å². The lowest BCUT2D eigenvalue weighted by Crippen LogP contribution is -2.60. The predicted octanol–water partition coefficient (Wildman–Crippen LogP) is 3.63. The maximum absolute atomic E-state index is 12.6.